The van der Waals surface area contributed by atoms with Crippen molar-refractivity contribution in [3.05, 3.63) is 90.2 Å². The van der Waals surface area contributed by atoms with Gasteiger partial charge in [-0.15, -0.1) is 0 Å². The number of piperidine rings is 1. The lowest BCUT2D eigenvalue weighted by molar-refractivity contribution is -0.126. The standard InChI is InChI=1S/C28H31FN2O3/c29-25-10-6-21(7-11-25)18-30-28(33)24-14-16-31(17-15-24)19-26(32)20-34-27-12-8-23(9-13-27)22-4-2-1-3-5-22/h1-13,24,26,32H,14-20H2,(H,30,33). The van der Waals surface area contributed by atoms with Gasteiger partial charge in [-0.2, -0.15) is 0 Å². The van der Waals surface area contributed by atoms with Crippen molar-refractivity contribution in [1.82, 2.24) is 10.2 Å². The van der Waals surface area contributed by atoms with Gasteiger partial charge in [0.15, 0.2) is 0 Å². The van der Waals surface area contributed by atoms with E-state index in [-0.39, 0.29) is 24.2 Å². The Morgan fingerprint density at radius 2 is 1.62 bits per heavy atom. The number of ether oxygens (including phenoxy) is 1. The van der Waals surface area contributed by atoms with Crippen LogP contribution < -0.4 is 10.1 Å². The SMILES string of the molecule is O=C(NCc1ccc(F)cc1)C1CCN(CC(O)COc2ccc(-c3ccccc3)cc2)CC1. The summed E-state index contributed by atoms with van der Waals surface area (Å²) in [7, 11) is 0. The van der Waals surface area contributed by atoms with E-state index in [1.807, 2.05) is 42.5 Å². The van der Waals surface area contributed by atoms with Crippen molar-refractivity contribution in [1.29, 1.82) is 0 Å². The first-order valence-corrected chi connectivity index (χ1v) is 11.8. The van der Waals surface area contributed by atoms with Gasteiger partial charge in [0.25, 0.3) is 0 Å². The van der Waals surface area contributed by atoms with Crippen molar-refractivity contribution in [2.24, 2.45) is 5.92 Å². The molecule has 1 saturated heterocycles. The molecule has 1 aliphatic rings. The second-order valence-electron chi connectivity index (χ2n) is 8.77. The summed E-state index contributed by atoms with van der Waals surface area (Å²) in [5.41, 5.74) is 3.16. The predicted molar refractivity (Wildman–Crippen MR) is 131 cm³/mol. The number of β-amino-alcohol motifs (C(OH)–C–C–N with tert-alkyl or cyclic N) is 1. The minimum absolute atomic E-state index is 0.0341. The minimum atomic E-state index is -0.599. The number of carbonyl (C=O) groups is 1. The fourth-order valence-corrected chi connectivity index (χ4v) is 4.23. The summed E-state index contributed by atoms with van der Waals surface area (Å²) in [6.45, 7) is 2.67. The number of aliphatic hydroxyl groups excluding tert-OH is 1. The second kappa shape index (κ2) is 11.8. The number of hydrogen-bond donors (Lipinski definition) is 2. The second-order valence-corrected chi connectivity index (χ2v) is 8.77. The first-order chi connectivity index (χ1) is 16.6. The number of aliphatic hydroxyl groups is 1. The van der Waals surface area contributed by atoms with Crippen molar-refractivity contribution in [3.8, 4) is 16.9 Å². The summed E-state index contributed by atoms with van der Waals surface area (Å²) in [6, 6.07) is 24.2. The van der Waals surface area contributed by atoms with Crippen molar-refractivity contribution in [3.63, 3.8) is 0 Å². The molecule has 6 heteroatoms. The summed E-state index contributed by atoms with van der Waals surface area (Å²) in [6.07, 6.45) is 0.908. The third kappa shape index (κ3) is 6.89. The Kier molecular flexibility index (Phi) is 8.28. The van der Waals surface area contributed by atoms with E-state index in [4.69, 9.17) is 4.74 Å². The van der Waals surface area contributed by atoms with Gasteiger partial charge in [-0.1, -0.05) is 54.6 Å². The fourth-order valence-electron chi connectivity index (χ4n) is 4.23. The molecule has 4 rings (SSSR count). The Morgan fingerprint density at radius 3 is 2.29 bits per heavy atom. The van der Waals surface area contributed by atoms with Crippen LogP contribution in [0.2, 0.25) is 0 Å². The molecule has 1 atom stereocenters. The Hall–Kier alpha value is -3.22. The number of nitrogens with one attached hydrogen (secondary N) is 1. The maximum Gasteiger partial charge on any atom is 0.223 e. The van der Waals surface area contributed by atoms with E-state index in [0.29, 0.717) is 13.1 Å². The van der Waals surface area contributed by atoms with Gasteiger partial charge in [0, 0.05) is 19.0 Å². The van der Waals surface area contributed by atoms with Gasteiger partial charge in [0.1, 0.15) is 24.3 Å². The van der Waals surface area contributed by atoms with Gasteiger partial charge in [-0.05, 0) is 66.9 Å². The molecule has 34 heavy (non-hydrogen) atoms. The highest BCUT2D eigenvalue weighted by atomic mass is 19.1. The first kappa shape index (κ1) is 23.9. The number of carbonyl (C=O) groups excluding carboxylic acids is 1. The fraction of sp³-hybridized carbons (Fsp3) is 0.321. The Labute approximate surface area is 200 Å². The minimum Gasteiger partial charge on any atom is -0.491 e. The molecule has 3 aromatic carbocycles. The molecule has 0 spiro atoms. The van der Waals surface area contributed by atoms with Crippen LogP contribution in [0.3, 0.4) is 0 Å². The molecule has 0 bridgehead atoms. The molecule has 1 fully saturated rings. The molecule has 1 heterocycles. The largest absolute Gasteiger partial charge is 0.491 e. The molecule has 178 valence electrons. The van der Waals surface area contributed by atoms with E-state index < -0.39 is 6.10 Å². The molecule has 2 N–H and O–H groups in total. The third-order valence-electron chi connectivity index (χ3n) is 6.21. The molecule has 0 aliphatic carbocycles. The molecule has 0 saturated carbocycles. The number of benzene rings is 3. The summed E-state index contributed by atoms with van der Waals surface area (Å²) < 4.78 is 18.8. The maximum atomic E-state index is 13.0. The molecular formula is C28H31FN2O3. The Bertz CT molecular complexity index is 1030. The summed E-state index contributed by atoms with van der Waals surface area (Å²) in [5, 5.41) is 13.4. The molecular weight excluding hydrogens is 431 g/mol. The molecule has 1 aliphatic heterocycles. The smallest absolute Gasteiger partial charge is 0.223 e. The van der Waals surface area contributed by atoms with Crippen LogP contribution in [-0.2, 0) is 11.3 Å². The summed E-state index contributed by atoms with van der Waals surface area (Å²) in [5.74, 6) is 0.450. The zero-order valence-electron chi connectivity index (χ0n) is 19.2. The van der Waals surface area contributed by atoms with Gasteiger partial charge in [0.05, 0.1) is 0 Å². The highest BCUT2D eigenvalue weighted by molar-refractivity contribution is 5.78. The zero-order valence-corrected chi connectivity index (χ0v) is 19.2. The molecule has 1 unspecified atom stereocenters. The lowest BCUT2D eigenvalue weighted by Crippen LogP contribution is -2.44. The topological polar surface area (TPSA) is 61.8 Å². The van der Waals surface area contributed by atoms with Crippen molar-refractivity contribution in [2.75, 3.05) is 26.2 Å². The van der Waals surface area contributed by atoms with E-state index >= 15 is 0 Å². The van der Waals surface area contributed by atoms with Crippen LogP contribution in [0.25, 0.3) is 11.1 Å². The Morgan fingerprint density at radius 1 is 0.971 bits per heavy atom. The number of amides is 1. The molecule has 1 amide bonds. The average molecular weight is 463 g/mol. The maximum absolute atomic E-state index is 13.0. The number of nitrogens with zero attached hydrogens (tertiary/aromatic N) is 1. The van der Waals surface area contributed by atoms with Crippen LogP contribution in [0.1, 0.15) is 18.4 Å². The summed E-state index contributed by atoms with van der Waals surface area (Å²) in [4.78, 5) is 14.6. The van der Waals surface area contributed by atoms with Crippen LogP contribution in [-0.4, -0.2) is 48.3 Å². The van der Waals surface area contributed by atoms with Gasteiger partial charge in [-0.25, -0.2) is 4.39 Å². The van der Waals surface area contributed by atoms with Crippen LogP contribution in [0.4, 0.5) is 4.39 Å². The average Bonchev–Trinajstić information content (AvgIpc) is 2.88. The monoisotopic (exact) mass is 462 g/mol. The van der Waals surface area contributed by atoms with E-state index in [2.05, 4.69) is 22.3 Å². The Balaban J connectivity index is 1.15. The van der Waals surface area contributed by atoms with E-state index in [0.717, 1.165) is 48.4 Å². The number of rotatable bonds is 9. The lowest BCUT2D eigenvalue weighted by Gasteiger charge is -2.32. The third-order valence-corrected chi connectivity index (χ3v) is 6.21. The van der Waals surface area contributed by atoms with Crippen LogP contribution in [0.15, 0.2) is 78.9 Å². The highest BCUT2D eigenvalue weighted by Gasteiger charge is 2.26. The van der Waals surface area contributed by atoms with Crippen molar-refractivity contribution < 1.29 is 19.0 Å². The first-order valence-electron chi connectivity index (χ1n) is 11.8. The van der Waals surface area contributed by atoms with E-state index in [1.165, 1.54) is 12.1 Å². The summed E-state index contributed by atoms with van der Waals surface area (Å²) >= 11 is 0. The molecule has 0 radical (unpaired) electrons. The van der Waals surface area contributed by atoms with Crippen molar-refractivity contribution >= 4 is 5.91 Å². The quantitative estimate of drug-likeness (QED) is 0.499. The van der Waals surface area contributed by atoms with E-state index in [9.17, 15) is 14.3 Å². The molecule has 3 aromatic rings. The van der Waals surface area contributed by atoms with Gasteiger partial charge in [0.2, 0.25) is 5.91 Å². The normalized spacial score (nSPS) is 15.6. The van der Waals surface area contributed by atoms with Crippen LogP contribution >= 0.6 is 0 Å². The molecule has 5 nitrogen and oxygen atoms in total. The molecule has 0 aromatic heterocycles. The lowest BCUT2D eigenvalue weighted by atomic mass is 9.95. The number of halogens is 1. The van der Waals surface area contributed by atoms with Gasteiger partial charge in [-0.3, -0.25) is 4.79 Å². The van der Waals surface area contributed by atoms with Crippen LogP contribution in [0.5, 0.6) is 5.75 Å². The number of likely N-dealkylation sites (tertiary alicyclic amines) is 1. The van der Waals surface area contributed by atoms with Gasteiger partial charge < -0.3 is 20.1 Å². The number of hydrogen-bond acceptors (Lipinski definition) is 4. The van der Waals surface area contributed by atoms with Crippen LogP contribution in [0, 0.1) is 11.7 Å². The predicted octanol–water partition coefficient (Wildman–Crippen LogP) is 4.26. The van der Waals surface area contributed by atoms with E-state index in [1.54, 1.807) is 12.1 Å². The van der Waals surface area contributed by atoms with Gasteiger partial charge >= 0.3 is 0 Å². The van der Waals surface area contributed by atoms with Crippen molar-refractivity contribution in [2.45, 2.75) is 25.5 Å². The zero-order chi connectivity index (χ0) is 23.8. The highest BCUT2D eigenvalue weighted by Crippen LogP contribution is 2.22.